The van der Waals surface area contributed by atoms with Gasteiger partial charge in [0.25, 0.3) is 0 Å². The van der Waals surface area contributed by atoms with Gasteiger partial charge in [0.15, 0.2) is 9.84 Å². The maximum absolute atomic E-state index is 11.7. The number of hydrogen-bond acceptors (Lipinski definition) is 4. The first-order valence-corrected chi connectivity index (χ1v) is 8.57. The molecule has 1 amide bonds. The summed E-state index contributed by atoms with van der Waals surface area (Å²) in [7, 11) is -3.42. The number of hydrogen-bond donors (Lipinski definition) is 2. The van der Waals surface area contributed by atoms with E-state index in [-0.39, 0.29) is 22.2 Å². The Balaban J connectivity index is 2.77. The highest BCUT2D eigenvalue weighted by atomic mass is 35.5. The van der Waals surface area contributed by atoms with E-state index >= 15 is 0 Å². The second-order valence-corrected chi connectivity index (χ2v) is 7.37. The van der Waals surface area contributed by atoms with Crippen molar-refractivity contribution in [3.63, 3.8) is 0 Å². The second kappa shape index (κ2) is 7.15. The molecule has 0 unspecified atom stereocenters. The molecule has 1 rings (SSSR count). The first-order chi connectivity index (χ1) is 9.25. The first-order valence-electron chi connectivity index (χ1n) is 6.00. The van der Waals surface area contributed by atoms with E-state index in [2.05, 4.69) is 5.32 Å². The molecule has 0 aromatic heterocycles. The van der Waals surface area contributed by atoms with E-state index < -0.39 is 21.5 Å². The second-order valence-electron chi connectivity index (χ2n) is 4.35. The lowest BCUT2D eigenvalue weighted by atomic mass is 10.2. The highest BCUT2D eigenvalue weighted by molar-refractivity contribution is 7.92. The number of benzene rings is 1. The molecule has 0 bridgehead atoms. The predicted molar refractivity (Wildman–Crippen MR) is 83.1 cm³/mol. The molecule has 0 aliphatic heterocycles. The van der Waals surface area contributed by atoms with Gasteiger partial charge >= 0.3 is 0 Å². The minimum Gasteiger partial charge on any atom is -0.397 e. The summed E-state index contributed by atoms with van der Waals surface area (Å²) in [5.74, 6) is -1.27. The van der Waals surface area contributed by atoms with Crippen molar-refractivity contribution in [3.8, 4) is 0 Å². The van der Waals surface area contributed by atoms with Gasteiger partial charge in [-0.25, -0.2) is 8.42 Å². The number of unbranched alkanes of at least 4 members (excludes halogenated alkanes) is 1. The number of halogens is 2. The molecule has 5 nitrogen and oxygen atoms in total. The standard InChI is InChI=1S/C12H16Cl2N2O3S/c1-2-3-4-20(18,19)7-11(17)16-12-9(14)5-8(13)6-10(12)15/h5-6H,2-4,7,15H2,1H3,(H,16,17). The van der Waals surface area contributed by atoms with E-state index in [9.17, 15) is 13.2 Å². The molecule has 8 heteroatoms. The molecule has 3 N–H and O–H groups in total. The summed E-state index contributed by atoms with van der Waals surface area (Å²) in [6.07, 6.45) is 1.27. The molecule has 0 aliphatic rings. The highest BCUT2D eigenvalue weighted by Crippen LogP contribution is 2.31. The van der Waals surface area contributed by atoms with Crippen LogP contribution in [-0.2, 0) is 14.6 Å². The van der Waals surface area contributed by atoms with Crippen LogP contribution < -0.4 is 11.1 Å². The van der Waals surface area contributed by atoms with Crippen molar-refractivity contribution in [1.29, 1.82) is 0 Å². The van der Waals surface area contributed by atoms with Gasteiger partial charge in [0, 0.05) is 5.02 Å². The van der Waals surface area contributed by atoms with Crippen molar-refractivity contribution in [1.82, 2.24) is 0 Å². The van der Waals surface area contributed by atoms with Crippen molar-refractivity contribution in [2.45, 2.75) is 19.8 Å². The van der Waals surface area contributed by atoms with Crippen molar-refractivity contribution in [2.24, 2.45) is 0 Å². The topological polar surface area (TPSA) is 89.3 Å². The summed E-state index contributed by atoms with van der Waals surface area (Å²) >= 11 is 11.7. The van der Waals surface area contributed by atoms with Crippen molar-refractivity contribution >= 4 is 50.3 Å². The molecule has 1 aromatic rings. The Morgan fingerprint density at radius 2 is 2.00 bits per heavy atom. The number of nitrogen functional groups attached to an aromatic ring is 1. The van der Waals surface area contributed by atoms with Gasteiger partial charge < -0.3 is 11.1 Å². The molecule has 0 fully saturated rings. The average Bonchev–Trinajstić information content (AvgIpc) is 2.30. The third kappa shape index (κ3) is 5.19. The van der Waals surface area contributed by atoms with Crippen LogP contribution in [-0.4, -0.2) is 25.8 Å². The lowest BCUT2D eigenvalue weighted by Gasteiger charge is -2.11. The van der Waals surface area contributed by atoms with Gasteiger partial charge in [0.05, 0.1) is 22.2 Å². The molecule has 0 saturated heterocycles. The Kier molecular flexibility index (Phi) is 6.10. The summed E-state index contributed by atoms with van der Waals surface area (Å²) in [6.45, 7) is 1.88. The van der Waals surface area contributed by atoms with Crippen molar-refractivity contribution < 1.29 is 13.2 Å². The molecule has 0 heterocycles. The van der Waals surface area contributed by atoms with Crippen LogP contribution in [0.4, 0.5) is 11.4 Å². The highest BCUT2D eigenvalue weighted by Gasteiger charge is 2.18. The molecule has 0 atom stereocenters. The van der Waals surface area contributed by atoms with Gasteiger partial charge in [-0.3, -0.25) is 4.79 Å². The largest absolute Gasteiger partial charge is 0.397 e. The monoisotopic (exact) mass is 338 g/mol. The van der Waals surface area contributed by atoms with Crippen LogP contribution in [0, 0.1) is 0 Å². The minimum atomic E-state index is -3.42. The Hall–Kier alpha value is -0.980. The predicted octanol–water partition coefficient (Wildman–Crippen LogP) is 2.73. The Morgan fingerprint density at radius 1 is 1.35 bits per heavy atom. The van der Waals surface area contributed by atoms with Gasteiger partial charge in [-0.1, -0.05) is 36.5 Å². The molecule has 0 radical (unpaired) electrons. The van der Waals surface area contributed by atoms with E-state index in [0.717, 1.165) is 6.42 Å². The summed E-state index contributed by atoms with van der Waals surface area (Å²) in [4.78, 5) is 11.7. The summed E-state index contributed by atoms with van der Waals surface area (Å²) in [5.41, 5.74) is 6.04. The van der Waals surface area contributed by atoms with Gasteiger partial charge in [0.2, 0.25) is 5.91 Å². The number of carbonyl (C=O) groups excluding carboxylic acids is 1. The van der Waals surface area contributed by atoms with Crippen LogP contribution in [0.2, 0.25) is 10.0 Å². The van der Waals surface area contributed by atoms with Crippen LogP contribution in [0.25, 0.3) is 0 Å². The lowest BCUT2D eigenvalue weighted by Crippen LogP contribution is -2.25. The number of amides is 1. The fourth-order valence-corrected chi connectivity index (χ4v) is 3.44. The van der Waals surface area contributed by atoms with Crippen LogP contribution in [0.3, 0.4) is 0 Å². The molecule has 112 valence electrons. The number of nitrogens with one attached hydrogen (secondary N) is 1. The van der Waals surface area contributed by atoms with Crippen LogP contribution in [0.5, 0.6) is 0 Å². The first kappa shape index (κ1) is 17.1. The van der Waals surface area contributed by atoms with Crippen LogP contribution in [0.15, 0.2) is 12.1 Å². The third-order valence-electron chi connectivity index (χ3n) is 2.51. The molecular formula is C12H16Cl2N2O3S. The lowest BCUT2D eigenvalue weighted by molar-refractivity contribution is -0.113. The molecule has 0 saturated carbocycles. The fraction of sp³-hybridized carbons (Fsp3) is 0.417. The van der Waals surface area contributed by atoms with Crippen LogP contribution in [0.1, 0.15) is 19.8 Å². The van der Waals surface area contributed by atoms with E-state index in [4.69, 9.17) is 28.9 Å². The third-order valence-corrected chi connectivity index (χ3v) is 4.64. The number of nitrogens with two attached hydrogens (primary N) is 1. The van der Waals surface area contributed by atoms with E-state index in [1.165, 1.54) is 12.1 Å². The van der Waals surface area contributed by atoms with Gasteiger partial charge in [0.1, 0.15) is 5.75 Å². The zero-order valence-electron chi connectivity index (χ0n) is 10.9. The van der Waals surface area contributed by atoms with E-state index in [0.29, 0.717) is 11.4 Å². The summed E-state index contributed by atoms with van der Waals surface area (Å²) in [5, 5.41) is 2.90. The molecule has 0 aliphatic carbocycles. The fourth-order valence-electron chi connectivity index (χ4n) is 1.54. The van der Waals surface area contributed by atoms with Gasteiger partial charge in [-0.15, -0.1) is 0 Å². The SMILES string of the molecule is CCCCS(=O)(=O)CC(=O)Nc1c(N)cc(Cl)cc1Cl. The Bertz CT molecular complexity index is 580. The van der Waals surface area contributed by atoms with Gasteiger partial charge in [-0.2, -0.15) is 0 Å². The summed E-state index contributed by atoms with van der Waals surface area (Å²) in [6, 6.07) is 2.84. The molecule has 1 aromatic carbocycles. The van der Waals surface area contributed by atoms with Gasteiger partial charge in [-0.05, 0) is 18.6 Å². The van der Waals surface area contributed by atoms with Crippen LogP contribution >= 0.6 is 23.2 Å². The molecule has 20 heavy (non-hydrogen) atoms. The smallest absolute Gasteiger partial charge is 0.239 e. The maximum Gasteiger partial charge on any atom is 0.239 e. The molecule has 0 spiro atoms. The average molecular weight is 339 g/mol. The number of anilines is 2. The summed E-state index contributed by atoms with van der Waals surface area (Å²) < 4.78 is 23.3. The maximum atomic E-state index is 11.7. The van der Waals surface area contributed by atoms with Crippen molar-refractivity contribution in [3.05, 3.63) is 22.2 Å². The number of sulfone groups is 1. The Morgan fingerprint density at radius 3 is 2.55 bits per heavy atom. The molecular weight excluding hydrogens is 323 g/mol. The van der Waals surface area contributed by atoms with E-state index in [1.807, 2.05) is 6.92 Å². The number of carbonyl (C=O) groups is 1. The zero-order chi connectivity index (χ0) is 15.3. The zero-order valence-corrected chi connectivity index (χ0v) is 13.3. The Labute approximate surface area is 128 Å². The quantitative estimate of drug-likeness (QED) is 0.780. The van der Waals surface area contributed by atoms with Crippen molar-refractivity contribution in [2.75, 3.05) is 22.6 Å². The minimum absolute atomic E-state index is 0.0131. The number of rotatable bonds is 6. The normalized spacial score (nSPS) is 11.3. The van der Waals surface area contributed by atoms with E-state index in [1.54, 1.807) is 0 Å².